The summed E-state index contributed by atoms with van der Waals surface area (Å²) in [6, 6.07) is 4.34. The monoisotopic (exact) mass is 296 g/mol. The van der Waals surface area contributed by atoms with Gasteiger partial charge in [0.2, 0.25) is 0 Å². The van der Waals surface area contributed by atoms with E-state index in [-0.39, 0.29) is 18.4 Å². The van der Waals surface area contributed by atoms with Crippen molar-refractivity contribution in [3.63, 3.8) is 0 Å². The summed E-state index contributed by atoms with van der Waals surface area (Å²) in [5.41, 5.74) is 5.64. The fourth-order valence-electron chi connectivity index (χ4n) is 0.934. The maximum absolute atomic E-state index is 11.4. The zero-order valence-electron chi connectivity index (χ0n) is 8.83. The lowest BCUT2D eigenvalue weighted by Crippen LogP contribution is -2.39. The van der Waals surface area contributed by atoms with Crippen LogP contribution in [0.25, 0.3) is 0 Å². The molecule has 1 aromatic rings. The molecular formula is C9H11Cl3N4O. The summed E-state index contributed by atoms with van der Waals surface area (Å²) in [6.07, 6.45) is 0. The molecule has 1 aromatic carbocycles. The minimum absolute atomic E-state index is 0. The smallest absolute Gasteiger partial charge is 0.326 e. The Hall–Kier alpha value is -1.17. The van der Waals surface area contributed by atoms with Crippen LogP contribution in [-0.4, -0.2) is 19.0 Å². The van der Waals surface area contributed by atoms with E-state index < -0.39 is 6.03 Å². The van der Waals surface area contributed by atoms with E-state index in [1.165, 1.54) is 7.05 Å². The number of guanidine groups is 1. The lowest BCUT2D eigenvalue weighted by molar-refractivity contribution is 0.256. The quantitative estimate of drug-likeness (QED) is 0.550. The van der Waals surface area contributed by atoms with Gasteiger partial charge in [-0.25, -0.2) is 4.79 Å². The highest BCUT2D eigenvalue weighted by atomic mass is 35.5. The molecule has 2 amide bonds. The van der Waals surface area contributed by atoms with Crippen molar-refractivity contribution in [2.75, 3.05) is 12.4 Å². The zero-order chi connectivity index (χ0) is 12.1. The third-order valence-corrected chi connectivity index (χ3v) is 2.31. The van der Waals surface area contributed by atoms with Gasteiger partial charge in [0, 0.05) is 7.05 Å². The second-order valence-corrected chi connectivity index (χ2v) is 3.60. The predicted octanol–water partition coefficient (Wildman–Crippen LogP) is 2.48. The third kappa shape index (κ3) is 4.68. The van der Waals surface area contributed by atoms with E-state index in [1.807, 2.05) is 0 Å². The lowest BCUT2D eigenvalue weighted by atomic mass is 10.3. The Labute approximate surface area is 115 Å². The van der Waals surface area contributed by atoms with Gasteiger partial charge in [0.05, 0.1) is 15.7 Å². The Bertz CT molecular complexity index is 416. The van der Waals surface area contributed by atoms with Gasteiger partial charge in [-0.1, -0.05) is 29.3 Å². The Balaban J connectivity index is 0.00000256. The minimum atomic E-state index is -0.557. The van der Waals surface area contributed by atoms with Crippen molar-refractivity contribution in [3.8, 4) is 0 Å². The van der Waals surface area contributed by atoms with Crippen molar-refractivity contribution < 1.29 is 4.79 Å². The van der Waals surface area contributed by atoms with Crippen LogP contribution in [0, 0.1) is 0 Å². The van der Waals surface area contributed by atoms with Crippen molar-refractivity contribution in [1.82, 2.24) is 5.32 Å². The molecule has 0 unspecified atom stereocenters. The molecule has 1 rings (SSSR count). The first kappa shape index (κ1) is 15.8. The molecule has 0 aliphatic heterocycles. The van der Waals surface area contributed by atoms with Gasteiger partial charge in [-0.05, 0) is 12.1 Å². The number of urea groups is 1. The molecule has 0 radical (unpaired) electrons. The summed E-state index contributed by atoms with van der Waals surface area (Å²) in [4.78, 5) is 15.0. The van der Waals surface area contributed by atoms with Crippen molar-refractivity contribution >= 4 is 53.3 Å². The van der Waals surface area contributed by atoms with Crippen molar-refractivity contribution in [2.45, 2.75) is 0 Å². The molecule has 0 spiro atoms. The summed E-state index contributed by atoms with van der Waals surface area (Å²) in [7, 11) is 1.46. The normalized spacial score (nSPS) is 10.4. The molecule has 0 atom stereocenters. The fraction of sp³-hybridized carbons (Fsp3) is 0.111. The molecule has 94 valence electrons. The highest BCUT2D eigenvalue weighted by Gasteiger charge is 2.09. The number of nitrogens with one attached hydrogen (secondary N) is 2. The number of hydrogen-bond donors (Lipinski definition) is 3. The topological polar surface area (TPSA) is 79.5 Å². The van der Waals surface area contributed by atoms with Crippen LogP contribution in [-0.2, 0) is 0 Å². The van der Waals surface area contributed by atoms with Crippen LogP contribution in [0.2, 0.25) is 10.0 Å². The number of rotatable bonds is 1. The van der Waals surface area contributed by atoms with E-state index in [0.29, 0.717) is 15.7 Å². The first-order valence-electron chi connectivity index (χ1n) is 4.29. The van der Waals surface area contributed by atoms with Gasteiger partial charge in [0.25, 0.3) is 0 Å². The molecule has 0 aliphatic carbocycles. The molecule has 0 aliphatic rings. The van der Waals surface area contributed by atoms with Gasteiger partial charge in [-0.15, -0.1) is 12.4 Å². The lowest BCUT2D eigenvalue weighted by Gasteiger charge is -2.09. The van der Waals surface area contributed by atoms with E-state index in [4.69, 9.17) is 28.9 Å². The minimum Gasteiger partial charge on any atom is -0.370 e. The maximum Gasteiger partial charge on any atom is 0.326 e. The Morgan fingerprint density at radius 2 is 1.88 bits per heavy atom. The van der Waals surface area contributed by atoms with Crippen LogP contribution < -0.4 is 16.4 Å². The molecule has 0 saturated carbocycles. The number of benzene rings is 1. The van der Waals surface area contributed by atoms with Gasteiger partial charge in [0.1, 0.15) is 0 Å². The highest BCUT2D eigenvalue weighted by Crippen LogP contribution is 2.29. The molecule has 4 N–H and O–H groups in total. The molecule has 0 bridgehead atoms. The molecule has 0 saturated heterocycles. The summed E-state index contributed by atoms with van der Waals surface area (Å²) in [5, 5.41) is 5.45. The van der Waals surface area contributed by atoms with Crippen LogP contribution in [0.5, 0.6) is 0 Å². The SMILES string of the molecule is CN=C(N)NC(=O)Nc1c(Cl)cccc1Cl.Cl. The number of nitrogens with zero attached hydrogens (tertiary/aromatic N) is 1. The molecule has 5 nitrogen and oxygen atoms in total. The summed E-state index contributed by atoms with van der Waals surface area (Å²) >= 11 is 11.7. The first-order chi connectivity index (χ1) is 7.54. The second kappa shape index (κ2) is 7.21. The number of amides is 2. The van der Waals surface area contributed by atoms with E-state index >= 15 is 0 Å². The number of carbonyl (C=O) groups excluding carboxylic acids is 1. The second-order valence-electron chi connectivity index (χ2n) is 2.78. The number of carbonyl (C=O) groups is 1. The van der Waals surface area contributed by atoms with Gasteiger partial charge in [0.15, 0.2) is 5.96 Å². The average molecular weight is 298 g/mol. The summed E-state index contributed by atoms with van der Waals surface area (Å²) in [6.45, 7) is 0. The number of anilines is 1. The van der Waals surface area contributed by atoms with Crippen molar-refractivity contribution in [2.24, 2.45) is 10.7 Å². The fourth-order valence-corrected chi connectivity index (χ4v) is 1.43. The molecule has 0 aromatic heterocycles. The number of hydrogen-bond acceptors (Lipinski definition) is 2. The van der Waals surface area contributed by atoms with E-state index in [0.717, 1.165) is 0 Å². The van der Waals surface area contributed by atoms with Crippen molar-refractivity contribution in [3.05, 3.63) is 28.2 Å². The van der Waals surface area contributed by atoms with Gasteiger partial charge in [-0.2, -0.15) is 0 Å². The third-order valence-electron chi connectivity index (χ3n) is 1.68. The van der Waals surface area contributed by atoms with Gasteiger partial charge < -0.3 is 11.1 Å². The van der Waals surface area contributed by atoms with Crippen LogP contribution >= 0.6 is 35.6 Å². The summed E-state index contributed by atoms with van der Waals surface area (Å²) < 4.78 is 0. The molecule has 0 heterocycles. The average Bonchev–Trinajstić information content (AvgIpc) is 2.23. The van der Waals surface area contributed by atoms with Gasteiger partial charge >= 0.3 is 6.03 Å². The number of aliphatic imine (C=N–C) groups is 1. The molecule has 8 heteroatoms. The zero-order valence-corrected chi connectivity index (χ0v) is 11.2. The van der Waals surface area contributed by atoms with Gasteiger partial charge in [-0.3, -0.25) is 10.3 Å². The number of nitrogens with two attached hydrogens (primary N) is 1. The highest BCUT2D eigenvalue weighted by molar-refractivity contribution is 6.39. The Morgan fingerprint density at radius 3 is 2.35 bits per heavy atom. The largest absolute Gasteiger partial charge is 0.370 e. The Kier molecular flexibility index (Phi) is 6.72. The van der Waals surface area contributed by atoms with E-state index in [2.05, 4.69) is 15.6 Å². The van der Waals surface area contributed by atoms with Crippen molar-refractivity contribution in [1.29, 1.82) is 0 Å². The van der Waals surface area contributed by atoms with Crippen LogP contribution in [0.4, 0.5) is 10.5 Å². The number of halogens is 3. The predicted molar refractivity (Wildman–Crippen MR) is 73.4 cm³/mol. The maximum atomic E-state index is 11.4. The van der Waals surface area contributed by atoms with Crippen LogP contribution in [0.15, 0.2) is 23.2 Å². The standard InChI is InChI=1S/C9H10Cl2N4O.ClH/c1-13-8(12)15-9(16)14-7-5(10)3-2-4-6(7)11;/h2-4H,1H3,(H4,12,13,14,15,16);1H. The van der Waals surface area contributed by atoms with E-state index in [9.17, 15) is 4.79 Å². The molecule has 17 heavy (non-hydrogen) atoms. The van der Waals surface area contributed by atoms with Crippen LogP contribution in [0.1, 0.15) is 0 Å². The molecular weight excluding hydrogens is 286 g/mol. The van der Waals surface area contributed by atoms with E-state index in [1.54, 1.807) is 18.2 Å². The summed E-state index contributed by atoms with van der Waals surface area (Å²) in [5.74, 6) is 0.000626. The molecule has 0 fully saturated rings. The number of para-hydroxylation sites is 1. The first-order valence-corrected chi connectivity index (χ1v) is 5.04. The Morgan fingerprint density at radius 1 is 1.35 bits per heavy atom. The van der Waals surface area contributed by atoms with Crippen LogP contribution in [0.3, 0.4) is 0 Å².